The zero-order valence-corrected chi connectivity index (χ0v) is 11.5. The van der Waals surface area contributed by atoms with Gasteiger partial charge in [-0.2, -0.15) is 0 Å². The van der Waals surface area contributed by atoms with Crippen molar-refractivity contribution in [3.63, 3.8) is 0 Å². The molecule has 21 heavy (non-hydrogen) atoms. The van der Waals surface area contributed by atoms with E-state index in [1.165, 1.54) is 6.07 Å². The van der Waals surface area contributed by atoms with Crippen molar-refractivity contribution in [2.75, 3.05) is 7.05 Å². The zero-order valence-electron chi connectivity index (χ0n) is 11.5. The predicted molar refractivity (Wildman–Crippen MR) is 78.2 cm³/mol. The van der Waals surface area contributed by atoms with Crippen molar-refractivity contribution in [2.45, 2.75) is 12.1 Å². The summed E-state index contributed by atoms with van der Waals surface area (Å²) >= 11 is 0. The molecule has 2 aromatic rings. The van der Waals surface area contributed by atoms with Crippen LogP contribution in [0.2, 0.25) is 0 Å². The molecule has 0 amide bonds. The van der Waals surface area contributed by atoms with Gasteiger partial charge in [0.1, 0.15) is 0 Å². The van der Waals surface area contributed by atoms with Gasteiger partial charge in [-0.15, -0.1) is 0 Å². The number of likely N-dealkylation sites (N-methyl/N-ethyl adjacent to an activating group) is 1. The Hall–Kier alpha value is -2.53. The van der Waals surface area contributed by atoms with E-state index in [2.05, 4.69) is 0 Å². The van der Waals surface area contributed by atoms with Gasteiger partial charge in [0.25, 0.3) is 5.69 Å². The first-order valence-electron chi connectivity index (χ1n) is 6.65. The van der Waals surface area contributed by atoms with Crippen LogP contribution in [0.25, 0.3) is 0 Å². The summed E-state index contributed by atoms with van der Waals surface area (Å²) in [6.45, 7) is 0. The van der Waals surface area contributed by atoms with E-state index in [0.29, 0.717) is 5.56 Å². The summed E-state index contributed by atoms with van der Waals surface area (Å²) in [5.41, 5.74) is 1.53. The Labute approximate surface area is 122 Å². The third kappa shape index (κ3) is 2.43. The minimum Gasteiger partial charge on any atom is -0.292 e. The molecule has 3 atom stereocenters. The molecular weight excluding hydrogens is 268 g/mol. The molecule has 0 radical (unpaired) electrons. The average molecular weight is 282 g/mol. The van der Waals surface area contributed by atoms with Crippen LogP contribution in [0.3, 0.4) is 0 Å². The normalized spacial score (nSPS) is 23.6. The van der Waals surface area contributed by atoms with Gasteiger partial charge in [-0.05, 0) is 12.6 Å². The van der Waals surface area contributed by atoms with Gasteiger partial charge in [-0.1, -0.05) is 42.5 Å². The lowest BCUT2D eigenvalue weighted by molar-refractivity contribution is -0.384. The molecule has 0 aliphatic carbocycles. The number of benzene rings is 2. The second kappa shape index (κ2) is 5.10. The molecule has 0 saturated carbocycles. The molecule has 1 fully saturated rings. The Kier molecular flexibility index (Phi) is 3.27. The van der Waals surface area contributed by atoms with Crippen molar-refractivity contribution in [2.24, 2.45) is 0 Å². The Bertz CT molecular complexity index is 700. The number of non-ortho nitro benzene ring substituents is 1. The lowest BCUT2D eigenvalue weighted by Crippen LogP contribution is -2.11. The molecule has 5 heteroatoms. The highest BCUT2D eigenvalue weighted by molar-refractivity contribution is 6.02. The Morgan fingerprint density at radius 1 is 1.14 bits per heavy atom. The maximum Gasteiger partial charge on any atom is 0.269 e. The molecule has 1 saturated heterocycles. The number of rotatable bonds is 4. The highest BCUT2D eigenvalue weighted by atomic mass is 16.6. The molecule has 0 aromatic heterocycles. The number of nitrogens with zero attached hydrogens (tertiary/aromatic N) is 2. The molecule has 0 N–H and O–H groups in total. The van der Waals surface area contributed by atoms with Gasteiger partial charge in [-0.25, -0.2) is 0 Å². The molecule has 3 rings (SSSR count). The van der Waals surface area contributed by atoms with Gasteiger partial charge < -0.3 is 0 Å². The number of nitro benzene ring substituents is 1. The van der Waals surface area contributed by atoms with Crippen LogP contribution < -0.4 is 0 Å². The maximum absolute atomic E-state index is 12.4. The largest absolute Gasteiger partial charge is 0.292 e. The molecule has 2 aromatic carbocycles. The average Bonchev–Trinajstić information content (AvgIpc) is 3.18. The van der Waals surface area contributed by atoms with E-state index in [9.17, 15) is 14.9 Å². The fraction of sp³-hybridized carbons (Fsp3) is 0.188. The first-order valence-corrected chi connectivity index (χ1v) is 6.65. The second-order valence-corrected chi connectivity index (χ2v) is 5.14. The number of hydrogen-bond acceptors (Lipinski definition) is 4. The minimum absolute atomic E-state index is 0.0506. The van der Waals surface area contributed by atoms with Crippen LogP contribution in [0.4, 0.5) is 5.69 Å². The van der Waals surface area contributed by atoms with E-state index in [4.69, 9.17) is 0 Å². The van der Waals surface area contributed by atoms with Gasteiger partial charge in [0, 0.05) is 17.7 Å². The van der Waals surface area contributed by atoms with Gasteiger partial charge in [0.05, 0.1) is 17.0 Å². The van der Waals surface area contributed by atoms with E-state index in [1.54, 1.807) is 24.3 Å². The minimum atomic E-state index is -0.417. The van der Waals surface area contributed by atoms with E-state index in [-0.39, 0.29) is 23.6 Å². The predicted octanol–water partition coefficient (Wildman–Crippen LogP) is 2.83. The van der Waals surface area contributed by atoms with E-state index in [0.717, 1.165) is 5.56 Å². The van der Waals surface area contributed by atoms with Crippen LogP contribution in [-0.2, 0) is 0 Å². The first-order chi connectivity index (χ1) is 10.1. The van der Waals surface area contributed by atoms with Crippen LogP contribution >= 0.6 is 0 Å². The van der Waals surface area contributed by atoms with Gasteiger partial charge >= 0.3 is 0 Å². The van der Waals surface area contributed by atoms with Crippen LogP contribution in [0.5, 0.6) is 0 Å². The number of Topliss-reactive ketones (excluding diaryl/α,β-unsaturated/α-hetero) is 1. The fourth-order valence-electron chi connectivity index (χ4n) is 2.68. The highest BCUT2D eigenvalue weighted by Crippen LogP contribution is 2.43. The summed E-state index contributed by atoms with van der Waals surface area (Å²) in [6, 6.07) is 15.3. The molecule has 0 spiro atoms. The number of ketones is 1. The van der Waals surface area contributed by atoms with Crippen molar-refractivity contribution in [1.82, 2.24) is 4.90 Å². The van der Waals surface area contributed by atoms with Crippen molar-refractivity contribution < 1.29 is 9.72 Å². The lowest BCUT2D eigenvalue weighted by Gasteiger charge is -1.99. The Morgan fingerprint density at radius 2 is 1.86 bits per heavy atom. The van der Waals surface area contributed by atoms with Crippen molar-refractivity contribution in [3.05, 3.63) is 75.8 Å². The van der Waals surface area contributed by atoms with E-state index < -0.39 is 4.92 Å². The quantitative estimate of drug-likeness (QED) is 0.374. The number of nitro groups is 1. The topological polar surface area (TPSA) is 63.2 Å². The summed E-state index contributed by atoms with van der Waals surface area (Å²) in [5.74, 6) is 0.0506. The van der Waals surface area contributed by atoms with E-state index >= 15 is 0 Å². The summed E-state index contributed by atoms with van der Waals surface area (Å²) in [6.07, 6.45) is 0. The zero-order chi connectivity index (χ0) is 15.0. The first kappa shape index (κ1) is 13.5. The van der Waals surface area contributed by atoms with Crippen LogP contribution in [0, 0.1) is 10.1 Å². The summed E-state index contributed by atoms with van der Waals surface area (Å²) in [4.78, 5) is 24.8. The molecule has 0 bridgehead atoms. The van der Waals surface area contributed by atoms with Crippen LogP contribution in [-0.4, -0.2) is 28.7 Å². The van der Waals surface area contributed by atoms with Gasteiger partial charge in [0.15, 0.2) is 5.78 Å². The Balaban J connectivity index is 1.84. The van der Waals surface area contributed by atoms with Crippen LogP contribution in [0.15, 0.2) is 54.6 Å². The third-order valence-electron chi connectivity index (χ3n) is 3.84. The monoisotopic (exact) mass is 282 g/mol. The summed E-state index contributed by atoms with van der Waals surface area (Å²) in [5, 5.41) is 10.8. The molecule has 1 heterocycles. The fourth-order valence-corrected chi connectivity index (χ4v) is 2.68. The van der Waals surface area contributed by atoms with E-state index in [1.807, 2.05) is 36.2 Å². The van der Waals surface area contributed by atoms with Gasteiger partial charge in [0.2, 0.25) is 0 Å². The molecule has 5 nitrogen and oxygen atoms in total. The molecule has 1 aliphatic rings. The van der Waals surface area contributed by atoms with Crippen molar-refractivity contribution in [1.29, 1.82) is 0 Å². The standard InChI is InChI=1S/C16H14N2O3/c1-17-14(12-8-5-9-13(10-12)18(20)21)15(17)16(19)11-6-3-2-4-7-11/h2-10,14-15H,1H3/t14-,15-,17?/m1/s1. The smallest absolute Gasteiger partial charge is 0.269 e. The number of carbonyl (C=O) groups is 1. The SMILES string of the molecule is CN1[C@H](c2cccc([N+](=O)[O-])c2)[C@@H]1C(=O)c1ccccc1. The highest BCUT2D eigenvalue weighted by Gasteiger charge is 2.50. The van der Waals surface area contributed by atoms with Crippen molar-refractivity contribution in [3.8, 4) is 0 Å². The number of carbonyl (C=O) groups excluding carboxylic acids is 1. The molecular formula is C16H14N2O3. The van der Waals surface area contributed by atoms with Crippen molar-refractivity contribution >= 4 is 11.5 Å². The number of hydrogen-bond donors (Lipinski definition) is 0. The summed E-state index contributed by atoms with van der Waals surface area (Å²) < 4.78 is 0. The maximum atomic E-state index is 12.4. The summed E-state index contributed by atoms with van der Waals surface area (Å²) in [7, 11) is 1.86. The molecule has 106 valence electrons. The van der Waals surface area contributed by atoms with Gasteiger partial charge in [-0.3, -0.25) is 19.8 Å². The second-order valence-electron chi connectivity index (χ2n) is 5.14. The molecule has 1 unspecified atom stereocenters. The van der Waals surface area contributed by atoms with Crippen LogP contribution in [0.1, 0.15) is 22.0 Å². The molecule has 1 aliphatic heterocycles. The third-order valence-corrected chi connectivity index (χ3v) is 3.84. The lowest BCUT2D eigenvalue weighted by atomic mass is 10.0. The Morgan fingerprint density at radius 3 is 2.52 bits per heavy atom.